The zero-order valence-corrected chi connectivity index (χ0v) is 23.7. The number of benzene rings is 2. The van der Waals surface area contributed by atoms with Crippen molar-refractivity contribution in [2.75, 3.05) is 30.1 Å². The molecule has 2 aromatic carbocycles. The van der Waals surface area contributed by atoms with E-state index in [1.54, 1.807) is 23.6 Å². The number of aromatic nitrogens is 3. The topological polar surface area (TPSA) is 90.3 Å². The molecular formula is C29H37N5O3S. The van der Waals surface area contributed by atoms with Crippen molar-refractivity contribution in [2.24, 2.45) is 0 Å². The molecule has 2 N–H and O–H groups in total. The number of carbonyl (C=O) groups is 1. The van der Waals surface area contributed by atoms with Crippen molar-refractivity contribution in [1.29, 1.82) is 0 Å². The van der Waals surface area contributed by atoms with Gasteiger partial charge in [-0.25, -0.2) is 4.68 Å². The maximum absolute atomic E-state index is 13.7. The molecule has 2 heterocycles. The largest absolute Gasteiger partial charge is 0.493 e. The van der Waals surface area contributed by atoms with Crippen LogP contribution in [-0.2, 0) is 4.79 Å². The fourth-order valence-corrected chi connectivity index (χ4v) is 5.08. The van der Waals surface area contributed by atoms with Crippen molar-refractivity contribution in [3.63, 3.8) is 0 Å². The molecule has 3 aromatic rings. The molecule has 9 heteroatoms. The highest BCUT2D eigenvalue weighted by Crippen LogP contribution is 2.40. The van der Waals surface area contributed by atoms with Gasteiger partial charge < -0.3 is 20.1 Å². The number of rotatable bonds is 12. The lowest BCUT2D eigenvalue weighted by Crippen LogP contribution is -2.31. The van der Waals surface area contributed by atoms with Crippen LogP contribution >= 0.6 is 11.8 Å². The molecule has 1 aromatic heterocycles. The summed E-state index contributed by atoms with van der Waals surface area (Å²) in [5.41, 5.74) is 3.96. The number of amides is 1. The molecule has 0 aliphatic carbocycles. The Balaban J connectivity index is 1.69. The SMILES string of the molecule is CCCCCCOc1ccc(C2C(C(=O)Nc3cccc(C)c3)=C(C)Nc3nc(SCC)nn32)cc1OC. The van der Waals surface area contributed by atoms with Crippen LogP contribution in [0.5, 0.6) is 11.5 Å². The van der Waals surface area contributed by atoms with E-state index >= 15 is 0 Å². The highest BCUT2D eigenvalue weighted by atomic mass is 32.2. The Labute approximate surface area is 229 Å². The van der Waals surface area contributed by atoms with Gasteiger partial charge in [0.25, 0.3) is 5.91 Å². The predicted molar refractivity (Wildman–Crippen MR) is 153 cm³/mol. The molecule has 1 aliphatic rings. The van der Waals surface area contributed by atoms with Crippen LogP contribution in [0.15, 0.2) is 58.9 Å². The molecule has 0 spiro atoms. The molecule has 0 saturated heterocycles. The zero-order chi connectivity index (χ0) is 27.1. The summed E-state index contributed by atoms with van der Waals surface area (Å²) in [5, 5.41) is 11.8. The number of hydrogen-bond donors (Lipinski definition) is 2. The average molecular weight is 536 g/mol. The van der Waals surface area contributed by atoms with Gasteiger partial charge in [0.15, 0.2) is 11.5 Å². The third kappa shape index (κ3) is 6.32. The second-order valence-electron chi connectivity index (χ2n) is 9.30. The van der Waals surface area contributed by atoms with E-state index in [1.807, 2.05) is 56.3 Å². The first-order chi connectivity index (χ1) is 18.4. The van der Waals surface area contributed by atoms with Gasteiger partial charge in [-0.3, -0.25) is 4.79 Å². The van der Waals surface area contributed by atoms with Gasteiger partial charge in [-0.1, -0.05) is 63.1 Å². The van der Waals surface area contributed by atoms with E-state index in [0.717, 1.165) is 41.1 Å². The number of hydrogen-bond acceptors (Lipinski definition) is 7. The summed E-state index contributed by atoms with van der Waals surface area (Å²) in [6.45, 7) is 8.79. The number of aryl methyl sites for hydroxylation is 1. The van der Waals surface area contributed by atoms with Gasteiger partial charge in [-0.15, -0.1) is 5.10 Å². The summed E-state index contributed by atoms with van der Waals surface area (Å²) < 4.78 is 13.5. The van der Waals surface area contributed by atoms with Crippen LogP contribution < -0.4 is 20.1 Å². The number of unbranched alkanes of at least 4 members (excludes halogenated alkanes) is 3. The molecule has 0 fully saturated rings. The monoisotopic (exact) mass is 535 g/mol. The minimum absolute atomic E-state index is 0.202. The van der Waals surface area contributed by atoms with Crippen molar-refractivity contribution in [3.05, 3.63) is 64.9 Å². The van der Waals surface area contributed by atoms with Crippen LogP contribution in [0.1, 0.15) is 63.6 Å². The Hall–Kier alpha value is -3.46. The Morgan fingerprint density at radius 2 is 1.95 bits per heavy atom. The van der Waals surface area contributed by atoms with Gasteiger partial charge in [0, 0.05) is 11.4 Å². The molecule has 0 bridgehead atoms. The standard InChI is InChI=1S/C29H37N5O3S/c1-6-8-9-10-16-37-23-15-14-21(18-24(23)36-5)26-25(27(35)31-22-13-11-12-19(3)17-22)20(4)30-28-32-29(38-7-2)33-34(26)28/h11-15,17-18,26H,6-10,16H2,1-5H3,(H,31,35)(H,30,32,33). The maximum Gasteiger partial charge on any atom is 0.255 e. The van der Waals surface area contributed by atoms with Gasteiger partial charge >= 0.3 is 0 Å². The molecule has 1 unspecified atom stereocenters. The second-order valence-corrected chi connectivity index (χ2v) is 10.5. The van der Waals surface area contributed by atoms with Crippen LogP contribution in [0, 0.1) is 6.92 Å². The number of fused-ring (bicyclic) bond motifs is 1. The van der Waals surface area contributed by atoms with Gasteiger partial charge in [-0.2, -0.15) is 4.98 Å². The summed E-state index contributed by atoms with van der Waals surface area (Å²) in [6, 6.07) is 13.1. The number of allylic oxidation sites excluding steroid dienone is 1. The number of thioether (sulfide) groups is 1. The van der Waals surface area contributed by atoms with Crippen molar-refractivity contribution in [3.8, 4) is 11.5 Å². The highest BCUT2D eigenvalue weighted by molar-refractivity contribution is 7.99. The summed E-state index contributed by atoms with van der Waals surface area (Å²) in [6.07, 6.45) is 4.53. The molecule has 4 rings (SSSR count). The number of ether oxygens (including phenoxy) is 2. The lowest BCUT2D eigenvalue weighted by Gasteiger charge is -2.29. The van der Waals surface area contributed by atoms with E-state index < -0.39 is 6.04 Å². The average Bonchev–Trinajstić information content (AvgIpc) is 3.29. The number of carbonyl (C=O) groups excluding carboxylic acids is 1. The van der Waals surface area contributed by atoms with Gasteiger partial charge in [0.05, 0.1) is 19.3 Å². The van der Waals surface area contributed by atoms with Gasteiger partial charge in [0.2, 0.25) is 11.1 Å². The molecule has 202 valence electrons. The normalized spacial score (nSPS) is 14.6. The fraction of sp³-hybridized carbons (Fsp3) is 0.414. The second kappa shape index (κ2) is 12.9. The molecule has 38 heavy (non-hydrogen) atoms. The summed E-state index contributed by atoms with van der Waals surface area (Å²) >= 11 is 1.56. The minimum atomic E-state index is -0.498. The van der Waals surface area contributed by atoms with Gasteiger partial charge in [-0.05, 0) is 61.4 Å². The number of methoxy groups -OCH3 is 1. The number of nitrogens with zero attached hydrogens (tertiary/aromatic N) is 3. The van der Waals surface area contributed by atoms with E-state index in [4.69, 9.17) is 14.6 Å². The summed E-state index contributed by atoms with van der Waals surface area (Å²) in [7, 11) is 1.63. The van der Waals surface area contributed by atoms with Crippen molar-refractivity contribution in [1.82, 2.24) is 14.8 Å². The minimum Gasteiger partial charge on any atom is -0.493 e. The number of anilines is 2. The first-order valence-corrected chi connectivity index (χ1v) is 14.2. The molecular weight excluding hydrogens is 498 g/mol. The van der Waals surface area contributed by atoms with E-state index in [0.29, 0.717) is 34.8 Å². The maximum atomic E-state index is 13.7. The highest BCUT2D eigenvalue weighted by Gasteiger charge is 2.35. The van der Waals surface area contributed by atoms with Crippen LogP contribution in [0.25, 0.3) is 0 Å². The molecule has 1 aliphatic heterocycles. The van der Waals surface area contributed by atoms with Crippen LogP contribution in [0.2, 0.25) is 0 Å². The fourth-order valence-electron chi connectivity index (χ4n) is 4.53. The third-order valence-electron chi connectivity index (χ3n) is 6.39. The molecule has 1 atom stereocenters. The van der Waals surface area contributed by atoms with Crippen molar-refractivity contribution in [2.45, 2.75) is 64.6 Å². The van der Waals surface area contributed by atoms with Crippen molar-refractivity contribution < 1.29 is 14.3 Å². The lowest BCUT2D eigenvalue weighted by atomic mass is 9.94. The van der Waals surface area contributed by atoms with Crippen LogP contribution in [0.3, 0.4) is 0 Å². The van der Waals surface area contributed by atoms with E-state index in [-0.39, 0.29) is 5.91 Å². The Morgan fingerprint density at radius 1 is 1.11 bits per heavy atom. The molecule has 8 nitrogen and oxygen atoms in total. The lowest BCUT2D eigenvalue weighted by molar-refractivity contribution is -0.113. The molecule has 0 radical (unpaired) electrons. The molecule has 0 saturated carbocycles. The number of nitrogens with one attached hydrogen (secondary N) is 2. The van der Waals surface area contributed by atoms with Crippen LogP contribution in [-0.4, -0.2) is 40.1 Å². The van der Waals surface area contributed by atoms with E-state index in [1.165, 1.54) is 12.8 Å². The zero-order valence-electron chi connectivity index (χ0n) is 22.8. The Morgan fingerprint density at radius 3 is 2.68 bits per heavy atom. The Bertz CT molecular complexity index is 1300. The predicted octanol–water partition coefficient (Wildman–Crippen LogP) is 6.59. The van der Waals surface area contributed by atoms with E-state index in [2.05, 4.69) is 29.5 Å². The Kier molecular flexibility index (Phi) is 9.33. The molecule has 1 amide bonds. The quantitative estimate of drug-likeness (QED) is 0.200. The van der Waals surface area contributed by atoms with Crippen molar-refractivity contribution >= 4 is 29.3 Å². The first kappa shape index (κ1) is 27.6. The first-order valence-electron chi connectivity index (χ1n) is 13.2. The summed E-state index contributed by atoms with van der Waals surface area (Å²) in [4.78, 5) is 18.4. The summed E-state index contributed by atoms with van der Waals surface area (Å²) in [5.74, 6) is 2.56. The third-order valence-corrected chi connectivity index (χ3v) is 7.11. The van der Waals surface area contributed by atoms with E-state index in [9.17, 15) is 4.79 Å². The smallest absolute Gasteiger partial charge is 0.255 e. The van der Waals surface area contributed by atoms with Gasteiger partial charge in [0.1, 0.15) is 6.04 Å². The van der Waals surface area contributed by atoms with Crippen LogP contribution in [0.4, 0.5) is 11.6 Å².